The lowest BCUT2D eigenvalue weighted by atomic mass is 10.2. The van der Waals surface area contributed by atoms with Crippen molar-refractivity contribution < 1.29 is 28.6 Å². The number of amides is 4. The van der Waals surface area contributed by atoms with E-state index in [2.05, 4.69) is 0 Å². The molecule has 1 aromatic carbocycles. The minimum absolute atomic E-state index is 0.0272. The molecule has 1 unspecified atom stereocenters. The summed E-state index contributed by atoms with van der Waals surface area (Å²) in [5.74, 6) is 1.24. The minimum Gasteiger partial charge on any atom is -0.486 e. The van der Waals surface area contributed by atoms with Crippen LogP contribution in [0.15, 0.2) is 18.2 Å². The van der Waals surface area contributed by atoms with Crippen molar-refractivity contribution in [2.45, 2.75) is 18.9 Å². The van der Waals surface area contributed by atoms with Gasteiger partial charge in [-0.3, -0.25) is 14.5 Å². The van der Waals surface area contributed by atoms with E-state index >= 15 is 0 Å². The van der Waals surface area contributed by atoms with Crippen LogP contribution in [0.5, 0.6) is 11.5 Å². The highest BCUT2D eigenvalue weighted by molar-refractivity contribution is 5.96. The summed E-state index contributed by atoms with van der Waals surface area (Å²) in [5, 5.41) is 0. The number of fused-ring (bicyclic) bond motifs is 1. The molecular formula is C22H28N4O6. The van der Waals surface area contributed by atoms with E-state index in [4.69, 9.17) is 14.2 Å². The van der Waals surface area contributed by atoms with Crippen molar-refractivity contribution in [1.29, 1.82) is 0 Å². The highest BCUT2D eigenvalue weighted by Crippen LogP contribution is 2.35. The van der Waals surface area contributed by atoms with Gasteiger partial charge in [-0.2, -0.15) is 0 Å². The monoisotopic (exact) mass is 444 g/mol. The molecule has 3 fully saturated rings. The van der Waals surface area contributed by atoms with E-state index in [0.717, 1.165) is 18.5 Å². The number of ether oxygens (including phenoxy) is 3. The van der Waals surface area contributed by atoms with E-state index < -0.39 is 0 Å². The fraction of sp³-hybridized carbons (Fsp3) is 0.591. The fourth-order valence-electron chi connectivity index (χ4n) is 4.58. The molecule has 0 spiro atoms. The number of urea groups is 1. The van der Waals surface area contributed by atoms with Gasteiger partial charge in [0.25, 0.3) is 5.91 Å². The lowest BCUT2D eigenvalue weighted by molar-refractivity contribution is -0.146. The molecule has 1 aromatic rings. The summed E-state index contributed by atoms with van der Waals surface area (Å²) in [4.78, 5) is 45.0. The van der Waals surface area contributed by atoms with Crippen molar-refractivity contribution >= 4 is 23.5 Å². The number of hydrogen-bond acceptors (Lipinski definition) is 6. The molecule has 4 aliphatic rings. The molecule has 4 aliphatic heterocycles. The average Bonchev–Trinajstić information content (AvgIpc) is 3.49. The maximum atomic E-state index is 12.9. The van der Waals surface area contributed by atoms with Crippen LogP contribution in [-0.2, 0) is 14.3 Å². The molecule has 4 amide bonds. The maximum absolute atomic E-state index is 12.9. The van der Waals surface area contributed by atoms with Gasteiger partial charge in [0.15, 0.2) is 11.5 Å². The van der Waals surface area contributed by atoms with Crippen LogP contribution in [0.3, 0.4) is 0 Å². The van der Waals surface area contributed by atoms with Gasteiger partial charge in [0, 0.05) is 57.6 Å². The summed E-state index contributed by atoms with van der Waals surface area (Å²) in [6.45, 7) is 4.63. The number of piperazine rings is 1. The highest BCUT2D eigenvalue weighted by atomic mass is 16.6. The second kappa shape index (κ2) is 8.85. The molecule has 10 heteroatoms. The molecule has 32 heavy (non-hydrogen) atoms. The molecule has 172 valence electrons. The Morgan fingerprint density at radius 3 is 2.41 bits per heavy atom. The number of nitrogens with zero attached hydrogens (tertiary/aromatic N) is 4. The Kier molecular flexibility index (Phi) is 5.77. The Morgan fingerprint density at radius 2 is 1.66 bits per heavy atom. The van der Waals surface area contributed by atoms with Crippen LogP contribution in [0.25, 0.3) is 0 Å². The van der Waals surface area contributed by atoms with Crippen LogP contribution < -0.4 is 14.4 Å². The van der Waals surface area contributed by atoms with Crippen LogP contribution in [0.2, 0.25) is 0 Å². The molecule has 3 saturated heterocycles. The number of anilines is 1. The predicted molar refractivity (Wildman–Crippen MR) is 114 cm³/mol. The molecule has 0 aromatic heterocycles. The van der Waals surface area contributed by atoms with Gasteiger partial charge in [-0.05, 0) is 25.0 Å². The largest absolute Gasteiger partial charge is 0.486 e. The van der Waals surface area contributed by atoms with E-state index in [9.17, 15) is 14.4 Å². The molecular weight excluding hydrogens is 416 g/mol. The van der Waals surface area contributed by atoms with Crippen molar-refractivity contribution in [3.05, 3.63) is 18.2 Å². The van der Waals surface area contributed by atoms with Crippen LogP contribution in [0.4, 0.5) is 10.5 Å². The van der Waals surface area contributed by atoms with Crippen LogP contribution in [0, 0.1) is 0 Å². The first-order valence-electron chi connectivity index (χ1n) is 11.2. The Balaban J connectivity index is 1.14. The fourth-order valence-corrected chi connectivity index (χ4v) is 4.58. The summed E-state index contributed by atoms with van der Waals surface area (Å²) < 4.78 is 16.6. The van der Waals surface area contributed by atoms with Crippen molar-refractivity contribution in [3.8, 4) is 11.5 Å². The van der Waals surface area contributed by atoms with E-state index in [-0.39, 0.29) is 30.5 Å². The zero-order valence-corrected chi connectivity index (χ0v) is 18.0. The molecule has 0 radical (unpaired) electrons. The highest BCUT2D eigenvalue weighted by Gasteiger charge is 2.35. The topological polar surface area (TPSA) is 91.9 Å². The lowest BCUT2D eigenvalue weighted by Crippen LogP contribution is -2.54. The van der Waals surface area contributed by atoms with Gasteiger partial charge in [0.2, 0.25) is 5.91 Å². The second-order valence-electron chi connectivity index (χ2n) is 8.39. The molecule has 10 nitrogen and oxygen atoms in total. The van der Waals surface area contributed by atoms with Gasteiger partial charge in [-0.25, -0.2) is 4.79 Å². The summed E-state index contributed by atoms with van der Waals surface area (Å²) >= 11 is 0. The molecule has 0 bridgehead atoms. The smallest absolute Gasteiger partial charge is 0.325 e. The third-order valence-electron chi connectivity index (χ3n) is 6.41. The summed E-state index contributed by atoms with van der Waals surface area (Å²) in [6, 6.07) is 5.26. The molecule has 0 aliphatic carbocycles. The van der Waals surface area contributed by atoms with Crippen molar-refractivity contribution in [2.75, 3.05) is 70.5 Å². The second-order valence-corrected chi connectivity index (χ2v) is 8.39. The normalized spacial score (nSPS) is 23.1. The van der Waals surface area contributed by atoms with Crippen LogP contribution in [0.1, 0.15) is 12.8 Å². The van der Waals surface area contributed by atoms with Gasteiger partial charge in [-0.15, -0.1) is 0 Å². The van der Waals surface area contributed by atoms with Gasteiger partial charge in [-0.1, -0.05) is 0 Å². The van der Waals surface area contributed by atoms with Crippen LogP contribution in [-0.4, -0.2) is 104 Å². The Morgan fingerprint density at radius 1 is 0.906 bits per heavy atom. The Bertz CT molecular complexity index is 894. The van der Waals surface area contributed by atoms with Gasteiger partial charge >= 0.3 is 6.03 Å². The van der Waals surface area contributed by atoms with Crippen molar-refractivity contribution in [1.82, 2.24) is 14.7 Å². The first kappa shape index (κ1) is 20.9. The molecule has 0 N–H and O–H groups in total. The number of carbonyl (C=O) groups is 3. The molecule has 4 heterocycles. The van der Waals surface area contributed by atoms with Crippen molar-refractivity contribution in [3.63, 3.8) is 0 Å². The van der Waals surface area contributed by atoms with E-state index in [0.29, 0.717) is 70.6 Å². The molecule has 1 atom stereocenters. The van der Waals surface area contributed by atoms with Gasteiger partial charge < -0.3 is 28.9 Å². The zero-order valence-electron chi connectivity index (χ0n) is 18.0. The standard InChI is InChI=1S/C22H28N4O6/c27-20(23-5-7-24(8-6-23)21(28)18-2-1-11-30-18)15-25-9-10-26(22(25)29)16-3-4-17-19(14-16)32-13-12-31-17/h3-4,14,18H,1-2,5-13,15H2. The molecule has 0 saturated carbocycles. The van der Waals surface area contributed by atoms with Crippen molar-refractivity contribution in [2.24, 2.45) is 0 Å². The Labute approximate surface area is 186 Å². The maximum Gasteiger partial charge on any atom is 0.325 e. The van der Waals surface area contributed by atoms with E-state index in [1.807, 2.05) is 18.2 Å². The number of rotatable bonds is 4. The average molecular weight is 444 g/mol. The first-order valence-corrected chi connectivity index (χ1v) is 11.2. The van der Waals surface area contributed by atoms with E-state index in [1.54, 1.807) is 19.6 Å². The Hall–Kier alpha value is -3.01. The third kappa shape index (κ3) is 4.06. The summed E-state index contributed by atoms with van der Waals surface area (Å²) in [6.07, 6.45) is 1.36. The number of hydrogen-bond donors (Lipinski definition) is 0. The number of carbonyl (C=O) groups excluding carboxylic acids is 3. The van der Waals surface area contributed by atoms with Gasteiger partial charge in [0.1, 0.15) is 25.9 Å². The zero-order chi connectivity index (χ0) is 22.1. The third-order valence-corrected chi connectivity index (χ3v) is 6.41. The number of benzene rings is 1. The minimum atomic E-state index is -0.328. The SMILES string of the molecule is O=C(CN1CCN(c2ccc3c(c2)OCCO3)C1=O)N1CCN(C(=O)C2CCCO2)CC1. The lowest BCUT2D eigenvalue weighted by Gasteiger charge is -2.36. The van der Waals surface area contributed by atoms with Crippen LogP contribution >= 0.6 is 0 Å². The van der Waals surface area contributed by atoms with Gasteiger partial charge in [0.05, 0.1) is 0 Å². The first-order chi connectivity index (χ1) is 15.6. The molecule has 5 rings (SSSR count). The quantitative estimate of drug-likeness (QED) is 0.674. The van der Waals surface area contributed by atoms with E-state index in [1.165, 1.54) is 0 Å². The summed E-state index contributed by atoms with van der Waals surface area (Å²) in [5.41, 5.74) is 0.732. The predicted octanol–water partition coefficient (Wildman–Crippen LogP) is 0.550. The summed E-state index contributed by atoms with van der Waals surface area (Å²) in [7, 11) is 0.